The van der Waals surface area contributed by atoms with Gasteiger partial charge in [0.25, 0.3) is 5.91 Å². The quantitative estimate of drug-likeness (QED) is 0.263. The molecule has 0 atom stereocenters. The molecule has 1 aromatic carbocycles. The van der Waals surface area contributed by atoms with E-state index in [1.54, 1.807) is 24.0 Å². The molecule has 5 rings (SSSR count). The van der Waals surface area contributed by atoms with Crippen molar-refractivity contribution in [3.63, 3.8) is 0 Å². The van der Waals surface area contributed by atoms with E-state index in [2.05, 4.69) is 30.5 Å². The molecule has 0 saturated heterocycles. The van der Waals surface area contributed by atoms with Gasteiger partial charge in [0.2, 0.25) is 0 Å². The largest absolute Gasteiger partial charge is 0.350 e. The average molecular weight is 534 g/mol. The van der Waals surface area contributed by atoms with Crippen LogP contribution >= 0.6 is 34.7 Å². The van der Waals surface area contributed by atoms with E-state index in [4.69, 9.17) is 11.6 Å². The number of benzene rings is 1. The van der Waals surface area contributed by atoms with Gasteiger partial charge in [-0.25, -0.2) is 4.98 Å². The molecule has 36 heavy (non-hydrogen) atoms. The third kappa shape index (κ3) is 5.78. The number of halogens is 1. The zero-order chi connectivity index (χ0) is 24.7. The Balaban J connectivity index is 1.28. The summed E-state index contributed by atoms with van der Waals surface area (Å²) in [7, 11) is 0. The molecule has 0 radical (unpaired) electrons. The van der Waals surface area contributed by atoms with Crippen molar-refractivity contribution in [1.29, 1.82) is 0 Å². The van der Waals surface area contributed by atoms with Crippen LogP contribution in [0.15, 0.2) is 83.7 Å². The van der Waals surface area contributed by atoms with Gasteiger partial charge >= 0.3 is 0 Å². The van der Waals surface area contributed by atoms with Crippen LogP contribution in [-0.2, 0) is 12.2 Å². The lowest BCUT2D eigenvalue weighted by atomic mass is 10.2. The number of thioether (sulfide) groups is 1. The standard InChI is InChI=1S/C25H20ClN7OS2/c26-18-4-3-6-20(14-18)33-23(17-7-11-27-12-8-17)31-32-25(33)36-16-22-30-21(15-35-22)24(34)29-13-9-19-5-1-2-10-28-19/h1-8,10-12,14-15H,9,13,16H2,(H,29,34). The molecular weight excluding hydrogens is 514 g/mol. The molecule has 0 bridgehead atoms. The van der Waals surface area contributed by atoms with Crippen molar-refractivity contribution in [2.75, 3.05) is 6.54 Å². The molecule has 1 amide bonds. The molecule has 0 saturated carbocycles. The first kappa shape index (κ1) is 24.1. The number of nitrogens with one attached hydrogen (secondary N) is 1. The summed E-state index contributed by atoms with van der Waals surface area (Å²) in [6.07, 6.45) is 5.85. The third-order valence-corrected chi connectivity index (χ3v) is 7.35. The van der Waals surface area contributed by atoms with Gasteiger partial charge in [0.1, 0.15) is 10.7 Å². The normalized spacial score (nSPS) is 10.9. The number of carbonyl (C=O) groups is 1. The van der Waals surface area contributed by atoms with Crippen molar-refractivity contribution in [2.45, 2.75) is 17.3 Å². The van der Waals surface area contributed by atoms with E-state index in [0.717, 1.165) is 22.0 Å². The van der Waals surface area contributed by atoms with Gasteiger partial charge < -0.3 is 5.32 Å². The van der Waals surface area contributed by atoms with E-state index >= 15 is 0 Å². The van der Waals surface area contributed by atoms with Crippen LogP contribution in [0.25, 0.3) is 17.1 Å². The molecule has 0 spiro atoms. The molecule has 0 unspecified atom stereocenters. The van der Waals surface area contributed by atoms with Gasteiger partial charge in [-0.15, -0.1) is 21.5 Å². The predicted molar refractivity (Wildman–Crippen MR) is 142 cm³/mol. The topological polar surface area (TPSA) is 98.5 Å². The van der Waals surface area contributed by atoms with E-state index in [-0.39, 0.29) is 5.91 Å². The number of aromatic nitrogens is 6. The average Bonchev–Trinajstić information content (AvgIpc) is 3.56. The molecule has 11 heteroatoms. The van der Waals surface area contributed by atoms with Gasteiger partial charge in [-0.05, 0) is 42.5 Å². The molecule has 0 aliphatic heterocycles. The molecule has 4 aromatic heterocycles. The number of carbonyl (C=O) groups excluding carboxylic acids is 1. The lowest BCUT2D eigenvalue weighted by molar-refractivity contribution is 0.0949. The number of rotatable bonds is 9. The Morgan fingerprint density at radius 3 is 2.75 bits per heavy atom. The summed E-state index contributed by atoms with van der Waals surface area (Å²) >= 11 is 9.21. The predicted octanol–water partition coefficient (Wildman–Crippen LogP) is 5.10. The molecule has 0 aliphatic rings. The number of amides is 1. The van der Waals surface area contributed by atoms with Crippen LogP contribution in [0.3, 0.4) is 0 Å². The van der Waals surface area contributed by atoms with E-state index in [1.165, 1.54) is 23.1 Å². The number of hydrogen-bond acceptors (Lipinski definition) is 8. The van der Waals surface area contributed by atoms with Crippen LogP contribution in [0.1, 0.15) is 21.2 Å². The molecule has 0 fully saturated rings. The molecular formula is C25H20ClN7OS2. The van der Waals surface area contributed by atoms with Gasteiger partial charge in [0.15, 0.2) is 11.0 Å². The van der Waals surface area contributed by atoms with Gasteiger partial charge in [-0.2, -0.15) is 0 Å². The first-order valence-electron chi connectivity index (χ1n) is 11.0. The Bertz CT molecular complexity index is 1460. The Kier molecular flexibility index (Phi) is 7.65. The maximum atomic E-state index is 12.5. The van der Waals surface area contributed by atoms with Crippen LogP contribution in [0.2, 0.25) is 5.02 Å². The zero-order valence-corrected chi connectivity index (χ0v) is 21.3. The fourth-order valence-corrected chi connectivity index (χ4v) is 5.38. The van der Waals surface area contributed by atoms with Crippen LogP contribution in [-0.4, -0.2) is 42.2 Å². The van der Waals surface area contributed by atoms with Crippen molar-refractivity contribution >= 4 is 40.6 Å². The van der Waals surface area contributed by atoms with Gasteiger partial charge in [0, 0.05) is 53.2 Å². The fourth-order valence-electron chi connectivity index (χ4n) is 3.45. The second-order valence-corrected chi connectivity index (χ2v) is 9.92. The Labute approximate surface area is 220 Å². The Morgan fingerprint density at radius 1 is 1.06 bits per heavy atom. The summed E-state index contributed by atoms with van der Waals surface area (Å²) in [6.45, 7) is 0.498. The summed E-state index contributed by atoms with van der Waals surface area (Å²) in [6, 6.07) is 17.1. The number of nitrogens with zero attached hydrogens (tertiary/aromatic N) is 6. The van der Waals surface area contributed by atoms with Crippen molar-refractivity contribution in [3.8, 4) is 17.1 Å². The highest BCUT2D eigenvalue weighted by molar-refractivity contribution is 7.98. The minimum atomic E-state index is -0.194. The lowest BCUT2D eigenvalue weighted by Gasteiger charge is -2.10. The van der Waals surface area contributed by atoms with E-state index < -0.39 is 0 Å². The summed E-state index contributed by atoms with van der Waals surface area (Å²) in [5.74, 6) is 1.04. The zero-order valence-electron chi connectivity index (χ0n) is 18.9. The van der Waals surface area contributed by atoms with E-state index in [0.29, 0.717) is 40.4 Å². The molecule has 180 valence electrons. The lowest BCUT2D eigenvalue weighted by Crippen LogP contribution is -2.26. The highest BCUT2D eigenvalue weighted by Crippen LogP contribution is 2.31. The van der Waals surface area contributed by atoms with Crippen molar-refractivity contribution in [2.24, 2.45) is 0 Å². The first-order valence-corrected chi connectivity index (χ1v) is 13.3. The highest BCUT2D eigenvalue weighted by Gasteiger charge is 2.18. The van der Waals surface area contributed by atoms with E-state index in [1.807, 2.05) is 59.2 Å². The highest BCUT2D eigenvalue weighted by atomic mass is 35.5. The Hall–Kier alpha value is -3.60. The monoisotopic (exact) mass is 533 g/mol. The molecule has 1 N–H and O–H groups in total. The third-order valence-electron chi connectivity index (χ3n) is 5.14. The van der Waals surface area contributed by atoms with Gasteiger partial charge in [-0.3, -0.25) is 19.3 Å². The van der Waals surface area contributed by atoms with E-state index in [9.17, 15) is 4.79 Å². The van der Waals surface area contributed by atoms with Crippen LogP contribution in [0, 0.1) is 0 Å². The maximum absolute atomic E-state index is 12.5. The van der Waals surface area contributed by atoms with Gasteiger partial charge in [-0.1, -0.05) is 35.5 Å². The smallest absolute Gasteiger partial charge is 0.270 e. The number of pyridine rings is 2. The number of thiazole rings is 1. The minimum absolute atomic E-state index is 0.194. The molecule has 0 aliphatic carbocycles. The molecule has 4 heterocycles. The SMILES string of the molecule is O=C(NCCc1ccccn1)c1csc(CSc2nnc(-c3ccncc3)n2-c2cccc(Cl)c2)n1. The molecule has 8 nitrogen and oxygen atoms in total. The van der Waals surface area contributed by atoms with Crippen LogP contribution in [0.4, 0.5) is 0 Å². The second-order valence-electron chi connectivity index (χ2n) is 7.60. The maximum Gasteiger partial charge on any atom is 0.270 e. The van der Waals surface area contributed by atoms with Crippen molar-refractivity contribution in [1.82, 2.24) is 35.0 Å². The second kappa shape index (κ2) is 11.4. The fraction of sp³-hybridized carbons (Fsp3) is 0.120. The molecule has 5 aromatic rings. The van der Waals surface area contributed by atoms with Gasteiger partial charge in [0.05, 0.1) is 11.4 Å². The summed E-state index contributed by atoms with van der Waals surface area (Å²) in [5, 5.41) is 15.7. The minimum Gasteiger partial charge on any atom is -0.350 e. The van der Waals surface area contributed by atoms with Crippen molar-refractivity contribution in [3.05, 3.63) is 100.0 Å². The van der Waals surface area contributed by atoms with Crippen molar-refractivity contribution < 1.29 is 4.79 Å². The van der Waals surface area contributed by atoms with Crippen LogP contribution < -0.4 is 5.32 Å². The summed E-state index contributed by atoms with van der Waals surface area (Å²) in [5.41, 5.74) is 3.09. The number of hydrogen-bond donors (Lipinski definition) is 1. The summed E-state index contributed by atoms with van der Waals surface area (Å²) in [4.78, 5) is 25.4. The first-order chi connectivity index (χ1) is 17.7. The summed E-state index contributed by atoms with van der Waals surface area (Å²) < 4.78 is 1.96. The Morgan fingerprint density at radius 2 is 1.94 bits per heavy atom. The van der Waals surface area contributed by atoms with Crippen LogP contribution in [0.5, 0.6) is 0 Å².